The van der Waals surface area contributed by atoms with E-state index in [1.54, 1.807) is 0 Å². The van der Waals surface area contributed by atoms with Crippen LogP contribution in [0.2, 0.25) is 0 Å². The highest BCUT2D eigenvalue weighted by molar-refractivity contribution is 5.98. The molecule has 0 spiro atoms. The van der Waals surface area contributed by atoms with Crippen LogP contribution in [0.3, 0.4) is 0 Å². The van der Waals surface area contributed by atoms with Gasteiger partial charge in [0.05, 0.1) is 5.41 Å². The van der Waals surface area contributed by atoms with Gasteiger partial charge in [0.1, 0.15) is 0 Å². The summed E-state index contributed by atoms with van der Waals surface area (Å²) in [5, 5.41) is 0. The van der Waals surface area contributed by atoms with E-state index < -0.39 is 5.41 Å². The summed E-state index contributed by atoms with van der Waals surface area (Å²) >= 11 is 0. The number of benzene rings is 13. The Morgan fingerprint density at radius 3 is 0.966 bits per heavy atom. The Kier molecular flexibility index (Phi) is 12.2. The third kappa shape index (κ3) is 8.23. The zero-order valence-corrected chi connectivity index (χ0v) is 49.4. The third-order valence-electron chi connectivity index (χ3n) is 19.4. The molecule has 2 heteroatoms. The van der Waals surface area contributed by atoms with E-state index >= 15 is 0 Å². The summed E-state index contributed by atoms with van der Waals surface area (Å²) in [6.45, 7) is 9.51. The van der Waals surface area contributed by atoms with Crippen molar-refractivity contribution in [3.8, 4) is 66.8 Å². The lowest BCUT2D eigenvalue weighted by Crippen LogP contribution is -2.28. The van der Waals surface area contributed by atoms with Crippen molar-refractivity contribution in [3.63, 3.8) is 0 Å². The highest BCUT2D eigenvalue weighted by atomic mass is 15.1. The molecule has 0 bridgehead atoms. The van der Waals surface area contributed by atoms with Gasteiger partial charge in [-0.2, -0.15) is 0 Å². The van der Waals surface area contributed by atoms with Gasteiger partial charge in [0.15, 0.2) is 0 Å². The van der Waals surface area contributed by atoms with Gasteiger partial charge in [-0.1, -0.05) is 270 Å². The van der Waals surface area contributed by atoms with Crippen molar-refractivity contribution in [1.29, 1.82) is 0 Å². The van der Waals surface area contributed by atoms with Crippen LogP contribution in [0, 0.1) is 0 Å². The first-order chi connectivity index (χ1) is 42.7. The van der Waals surface area contributed by atoms with Crippen molar-refractivity contribution in [3.05, 3.63) is 360 Å². The second kappa shape index (κ2) is 20.3. The van der Waals surface area contributed by atoms with Gasteiger partial charge in [-0.3, -0.25) is 0 Å². The van der Waals surface area contributed by atoms with Gasteiger partial charge in [-0.25, -0.2) is 0 Å². The molecule has 0 radical (unpaired) electrons. The first kappa shape index (κ1) is 52.0. The van der Waals surface area contributed by atoms with Crippen LogP contribution in [0.25, 0.3) is 66.8 Å². The van der Waals surface area contributed by atoms with Gasteiger partial charge in [0, 0.05) is 45.0 Å². The van der Waals surface area contributed by atoms with Gasteiger partial charge in [-0.05, 0) is 184 Å². The molecule has 0 heterocycles. The highest BCUT2D eigenvalue weighted by Crippen LogP contribution is 2.60. The van der Waals surface area contributed by atoms with Crippen LogP contribution in [-0.4, -0.2) is 0 Å². The lowest BCUT2D eigenvalue weighted by atomic mass is 9.67. The fraction of sp³-hybridized carbons (Fsp3) is 0.0824. The monoisotopic (exact) mass is 1110 g/mol. The summed E-state index contributed by atoms with van der Waals surface area (Å²) in [7, 11) is 0. The molecular weight excluding hydrogens is 1050 g/mol. The molecular formula is C85H64N2. The van der Waals surface area contributed by atoms with Gasteiger partial charge in [-0.15, -0.1) is 0 Å². The fourth-order valence-corrected chi connectivity index (χ4v) is 15.1. The molecule has 0 aromatic heterocycles. The number of rotatable bonds is 11. The predicted octanol–water partition coefficient (Wildman–Crippen LogP) is 22.6. The second-order valence-electron chi connectivity index (χ2n) is 24.8. The SMILES string of the molecule is CC1(C)c2ccccc2-c2ccc(N(c3ccc(-c4cccc5c4-c4ccc(N(c6ccc(-c7ccccc7)cc6)c6ccc(-c7ccccc7)cc6)cc4C5(c4ccccc4)c4ccccc4)cc3)c3ccc4c(c3)C(C)(C)c3ccccc3-4)cc21. The molecule has 0 saturated carbocycles. The van der Waals surface area contributed by atoms with Crippen molar-refractivity contribution in [2.24, 2.45) is 0 Å². The van der Waals surface area contributed by atoms with Gasteiger partial charge in [0.25, 0.3) is 0 Å². The Morgan fingerprint density at radius 1 is 0.207 bits per heavy atom. The van der Waals surface area contributed by atoms with E-state index in [-0.39, 0.29) is 10.8 Å². The van der Waals surface area contributed by atoms with E-state index in [0.29, 0.717) is 0 Å². The lowest BCUT2D eigenvalue weighted by molar-refractivity contribution is 0.660. The molecule has 0 atom stereocenters. The number of hydrogen-bond acceptors (Lipinski definition) is 2. The highest BCUT2D eigenvalue weighted by Gasteiger charge is 2.47. The molecule has 414 valence electrons. The average molecular weight is 1110 g/mol. The standard InChI is InChI=1S/C85H64N2/c1-83(2)76-33-19-17-30-71(76)73-51-48-67(54-79(73)83)87(68-49-52-74-72-31-18-20-34-77(72)84(3,4)80(74)55-68)66-46-40-61(41-47-66)70-32-21-35-78-82(70)75-53-50-69(56-81(75)85(78,62-26-13-7-14-27-62)63-28-15-8-16-29-63)86(64-42-36-59(37-43-64)57-22-9-5-10-23-57)65-44-38-60(39-45-65)58-24-11-6-12-25-58/h5-56H,1-4H3. The molecule has 0 fully saturated rings. The van der Waals surface area contributed by atoms with Crippen molar-refractivity contribution in [2.75, 3.05) is 9.80 Å². The maximum Gasteiger partial charge on any atom is 0.0714 e. The number of hydrogen-bond donors (Lipinski definition) is 0. The van der Waals surface area contributed by atoms with E-state index in [4.69, 9.17) is 0 Å². The third-order valence-corrected chi connectivity index (χ3v) is 19.4. The van der Waals surface area contributed by atoms with Gasteiger partial charge < -0.3 is 9.80 Å². The van der Waals surface area contributed by atoms with Crippen LogP contribution in [0.15, 0.2) is 315 Å². The summed E-state index contributed by atoms with van der Waals surface area (Å²) < 4.78 is 0. The van der Waals surface area contributed by atoms with Crippen LogP contribution in [-0.2, 0) is 16.2 Å². The van der Waals surface area contributed by atoms with E-state index in [2.05, 4.69) is 353 Å². The second-order valence-corrected chi connectivity index (χ2v) is 24.8. The molecule has 0 aliphatic heterocycles. The lowest BCUT2D eigenvalue weighted by Gasteiger charge is -2.35. The smallest absolute Gasteiger partial charge is 0.0714 e. The van der Waals surface area contributed by atoms with E-state index in [0.717, 1.165) is 39.7 Å². The average Bonchev–Trinajstić information content (AvgIpc) is 1.59. The Bertz CT molecular complexity index is 4520. The first-order valence-electron chi connectivity index (χ1n) is 30.6. The van der Waals surface area contributed by atoms with Crippen molar-refractivity contribution in [1.82, 2.24) is 0 Å². The minimum absolute atomic E-state index is 0.154. The molecule has 0 amide bonds. The molecule has 16 rings (SSSR count). The molecule has 87 heavy (non-hydrogen) atoms. The molecule has 0 saturated heterocycles. The Hall–Kier alpha value is -10.5. The maximum absolute atomic E-state index is 2.49. The molecule has 13 aromatic carbocycles. The van der Waals surface area contributed by atoms with Gasteiger partial charge >= 0.3 is 0 Å². The predicted molar refractivity (Wildman–Crippen MR) is 365 cm³/mol. The van der Waals surface area contributed by atoms with Crippen molar-refractivity contribution < 1.29 is 0 Å². The van der Waals surface area contributed by atoms with Crippen LogP contribution in [0.4, 0.5) is 34.1 Å². The summed E-state index contributed by atoms with van der Waals surface area (Å²) in [4.78, 5) is 4.92. The quantitative estimate of drug-likeness (QED) is 0.127. The van der Waals surface area contributed by atoms with Crippen molar-refractivity contribution >= 4 is 34.1 Å². The number of nitrogens with zero attached hydrogens (tertiary/aromatic N) is 2. The molecule has 13 aromatic rings. The topological polar surface area (TPSA) is 6.48 Å². The number of anilines is 6. The maximum atomic E-state index is 2.49. The van der Waals surface area contributed by atoms with Crippen molar-refractivity contribution in [2.45, 2.75) is 43.9 Å². The molecule has 0 unspecified atom stereocenters. The van der Waals surface area contributed by atoms with Crippen LogP contribution in [0.1, 0.15) is 72.2 Å². The summed E-state index contributed by atoms with van der Waals surface area (Å²) in [6.07, 6.45) is 0. The first-order valence-corrected chi connectivity index (χ1v) is 30.6. The zero-order valence-electron chi connectivity index (χ0n) is 49.4. The van der Waals surface area contributed by atoms with E-state index in [1.807, 2.05) is 0 Å². The minimum atomic E-state index is -0.655. The van der Waals surface area contributed by atoms with E-state index in [9.17, 15) is 0 Å². The minimum Gasteiger partial charge on any atom is -0.310 e. The zero-order chi connectivity index (χ0) is 58.4. The molecule has 0 N–H and O–H groups in total. The summed E-state index contributed by atoms with van der Waals surface area (Å²) in [5.41, 5.74) is 31.0. The van der Waals surface area contributed by atoms with Crippen LogP contribution < -0.4 is 9.80 Å². The fourth-order valence-electron chi connectivity index (χ4n) is 15.1. The Balaban J connectivity index is 0.862. The normalized spacial score (nSPS) is 14.0. The Morgan fingerprint density at radius 2 is 0.517 bits per heavy atom. The molecule has 3 aliphatic rings. The van der Waals surface area contributed by atoms with Crippen LogP contribution >= 0.6 is 0 Å². The number of fused-ring (bicyclic) bond motifs is 9. The van der Waals surface area contributed by atoms with Crippen LogP contribution in [0.5, 0.6) is 0 Å². The summed E-state index contributed by atoms with van der Waals surface area (Å²) in [5.74, 6) is 0. The molecule has 2 nitrogen and oxygen atoms in total. The van der Waals surface area contributed by atoms with E-state index in [1.165, 1.54) is 106 Å². The Labute approximate surface area is 511 Å². The summed E-state index contributed by atoms with van der Waals surface area (Å²) in [6, 6.07) is 118. The molecule has 3 aliphatic carbocycles. The largest absolute Gasteiger partial charge is 0.310 e. The van der Waals surface area contributed by atoms with Gasteiger partial charge in [0.2, 0.25) is 0 Å².